The minimum atomic E-state index is -0.291. The van der Waals surface area contributed by atoms with Crippen molar-refractivity contribution >= 4 is 28.3 Å². The van der Waals surface area contributed by atoms with Crippen molar-refractivity contribution in [3.63, 3.8) is 0 Å². The van der Waals surface area contributed by atoms with Gasteiger partial charge in [-0.1, -0.05) is 24.8 Å². The van der Waals surface area contributed by atoms with Gasteiger partial charge in [0.1, 0.15) is 17.7 Å². The third kappa shape index (κ3) is 4.71. The number of H-pyrrole nitrogens is 1. The van der Waals surface area contributed by atoms with E-state index < -0.39 is 0 Å². The molecule has 5 N–H and O–H groups in total. The number of carbonyl (C=O) groups is 1. The van der Waals surface area contributed by atoms with Gasteiger partial charge in [-0.25, -0.2) is 9.97 Å². The molecule has 0 saturated heterocycles. The number of nitrogens with one attached hydrogen (secondary N) is 3. The Morgan fingerprint density at radius 2 is 1.97 bits per heavy atom. The molecule has 0 fully saturated rings. The molecular formula is C23H22N6O2. The lowest BCUT2D eigenvalue weighted by Gasteiger charge is -2.07. The number of amides is 1. The Morgan fingerprint density at radius 3 is 2.74 bits per heavy atom. The first-order chi connectivity index (χ1) is 15.2. The number of aromatic nitrogens is 3. The maximum Gasteiger partial charge on any atom is 0.247 e. The lowest BCUT2D eigenvalue weighted by Crippen LogP contribution is -2.12. The lowest BCUT2D eigenvalue weighted by atomic mass is 10.1. The molecule has 0 spiro atoms. The molecule has 8 nitrogen and oxygen atoms in total. The standard InChI is InChI=1S/C23H22N6O2/c1-2-21(30)28-17-4-3-5-18(12-17)31-23-19-13-20(29-22(19)26-14-27-23)15-6-8-16(9-7-15)25-11-10-24/h2-9,12-14,25H,1,10-11,24H2,(H,28,30)(H,26,27,29). The Balaban J connectivity index is 1.59. The second-order valence-electron chi connectivity index (χ2n) is 6.74. The highest BCUT2D eigenvalue weighted by atomic mass is 16.5. The number of benzene rings is 2. The van der Waals surface area contributed by atoms with Crippen molar-refractivity contribution in [2.75, 3.05) is 23.7 Å². The van der Waals surface area contributed by atoms with E-state index in [1.807, 2.05) is 30.3 Å². The molecule has 4 aromatic rings. The molecule has 2 aromatic carbocycles. The molecular weight excluding hydrogens is 392 g/mol. The summed E-state index contributed by atoms with van der Waals surface area (Å²) in [5.41, 5.74) is 9.72. The Morgan fingerprint density at radius 1 is 1.13 bits per heavy atom. The number of hydrogen-bond acceptors (Lipinski definition) is 6. The predicted octanol–water partition coefficient (Wildman–Crippen LogP) is 3.91. The van der Waals surface area contributed by atoms with E-state index in [1.165, 1.54) is 12.4 Å². The Labute approximate surface area is 179 Å². The van der Waals surface area contributed by atoms with Crippen LogP contribution in [0.1, 0.15) is 0 Å². The second kappa shape index (κ2) is 9.10. The SMILES string of the molecule is C=CC(=O)Nc1cccc(Oc2ncnc3[nH]c(-c4ccc(NCCN)cc4)cc23)c1. The van der Waals surface area contributed by atoms with Crippen molar-refractivity contribution in [2.45, 2.75) is 0 Å². The van der Waals surface area contributed by atoms with Gasteiger partial charge in [0.15, 0.2) is 0 Å². The molecule has 31 heavy (non-hydrogen) atoms. The van der Waals surface area contributed by atoms with Gasteiger partial charge in [-0.2, -0.15) is 0 Å². The van der Waals surface area contributed by atoms with Crippen LogP contribution in [0.2, 0.25) is 0 Å². The Kier molecular flexibility index (Phi) is 5.91. The van der Waals surface area contributed by atoms with Crippen molar-refractivity contribution in [1.82, 2.24) is 15.0 Å². The summed E-state index contributed by atoms with van der Waals surface area (Å²) in [4.78, 5) is 23.4. The lowest BCUT2D eigenvalue weighted by molar-refractivity contribution is -0.111. The molecule has 8 heteroatoms. The fourth-order valence-electron chi connectivity index (χ4n) is 3.08. The summed E-state index contributed by atoms with van der Waals surface area (Å²) in [5, 5.41) is 6.71. The molecule has 0 atom stereocenters. The average molecular weight is 414 g/mol. The Bertz CT molecular complexity index is 1220. The maximum atomic E-state index is 11.5. The van der Waals surface area contributed by atoms with Gasteiger partial charge in [-0.3, -0.25) is 4.79 Å². The normalized spacial score (nSPS) is 10.6. The van der Waals surface area contributed by atoms with Crippen LogP contribution < -0.4 is 21.1 Å². The van der Waals surface area contributed by atoms with E-state index in [0.29, 0.717) is 29.5 Å². The van der Waals surface area contributed by atoms with Gasteiger partial charge in [0.25, 0.3) is 0 Å². The van der Waals surface area contributed by atoms with E-state index >= 15 is 0 Å². The average Bonchev–Trinajstić information content (AvgIpc) is 3.24. The minimum absolute atomic E-state index is 0.291. The van der Waals surface area contributed by atoms with E-state index in [0.717, 1.165) is 28.9 Å². The summed E-state index contributed by atoms with van der Waals surface area (Å²) in [7, 11) is 0. The number of aromatic amines is 1. The van der Waals surface area contributed by atoms with Crippen LogP contribution in [0.25, 0.3) is 22.3 Å². The molecule has 4 rings (SSSR count). The van der Waals surface area contributed by atoms with E-state index in [-0.39, 0.29) is 5.91 Å². The summed E-state index contributed by atoms with van der Waals surface area (Å²) in [6.07, 6.45) is 2.66. The molecule has 0 unspecified atom stereocenters. The topological polar surface area (TPSA) is 118 Å². The second-order valence-corrected chi connectivity index (χ2v) is 6.74. The molecule has 0 aliphatic heterocycles. The van der Waals surface area contributed by atoms with Gasteiger partial charge < -0.3 is 26.1 Å². The molecule has 0 aliphatic carbocycles. The van der Waals surface area contributed by atoms with Crippen LogP contribution in [0.15, 0.2) is 73.6 Å². The molecule has 2 aromatic heterocycles. The first-order valence-electron chi connectivity index (χ1n) is 9.75. The van der Waals surface area contributed by atoms with E-state index in [9.17, 15) is 4.79 Å². The third-order valence-corrected chi connectivity index (χ3v) is 4.56. The fourth-order valence-corrected chi connectivity index (χ4v) is 3.08. The minimum Gasteiger partial charge on any atom is -0.438 e. The van der Waals surface area contributed by atoms with E-state index in [4.69, 9.17) is 10.5 Å². The van der Waals surface area contributed by atoms with E-state index in [2.05, 4.69) is 32.2 Å². The summed E-state index contributed by atoms with van der Waals surface area (Å²) >= 11 is 0. The smallest absolute Gasteiger partial charge is 0.247 e. The van der Waals surface area contributed by atoms with Crippen molar-refractivity contribution in [3.05, 3.63) is 73.6 Å². The molecule has 0 aliphatic rings. The third-order valence-electron chi connectivity index (χ3n) is 4.56. The largest absolute Gasteiger partial charge is 0.438 e. The molecule has 1 amide bonds. The number of nitrogens with zero attached hydrogens (tertiary/aromatic N) is 2. The van der Waals surface area contributed by atoms with Crippen LogP contribution in [0.3, 0.4) is 0 Å². The summed E-state index contributed by atoms with van der Waals surface area (Å²) in [5.74, 6) is 0.668. The first kappa shape index (κ1) is 20.1. The van der Waals surface area contributed by atoms with Crippen LogP contribution in [0, 0.1) is 0 Å². The molecule has 156 valence electrons. The van der Waals surface area contributed by atoms with Gasteiger partial charge >= 0.3 is 0 Å². The zero-order valence-electron chi connectivity index (χ0n) is 16.8. The highest BCUT2D eigenvalue weighted by Gasteiger charge is 2.12. The van der Waals surface area contributed by atoms with E-state index in [1.54, 1.807) is 24.3 Å². The monoisotopic (exact) mass is 414 g/mol. The summed E-state index contributed by atoms with van der Waals surface area (Å²) in [6.45, 7) is 4.75. The number of nitrogens with two attached hydrogens (primary N) is 1. The molecule has 0 radical (unpaired) electrons. The number of anilines is 2. The fraction of sp³-hybridized carbons (Fsp3) is 0.0870. The highest BCUT2D eigenvalue weighted by Crippen LogP contribution is 2.31. The van der Waals surface area contributed by atoms with Crippen LogP contribution in [0.5, 0.6) is 11.6 Å². The van der Waals surface area contributed by atoms with Gasteiger partial charge in [-0.05, 0) is 42.0 Å². The zero-order chi connectivity index (χ0) is 21.6. The van der Waals surface area contributed by atoms with Gasteiger partial charge in [0, 0.05) is 36.2 Å². The number of rotatable bonds is 8. The number of fused-ring (bicyclic) bond motifs is 1. The van der Waals surface area contributed by atoms with Crippen LogP contribution in [-0.2, 0) is 4.79 Å². The molecule has 2 heterocycles. The van der Waals surface area contributed by atoms with Crippen LogP contribution in [-0.4, -0.2) is 33.9 Å². The van der Waals surface area contributed by atoms with Gasteiger partial charge in [0.2, 0.25) is 11.8 Å². The molecule has 0 saturated carbocycles. The van der Waals surface area contributed by atoms with Crippen molar-refractivity contribution in [2.24, 2.45) is 5.73 Å². The Hall–Kier alpha value is -4.17. The quantitative estimate of drug-likeness (QED) is 0.325. The van der Waals surface area contributed by atoms with Gasteiger partial charge in [0.05, 0.1) is 5.39 Å². The van der Waals surface area contributed by atoms with Crippen molar-refractivity contribution in [1.29, 1.82) is 0 Å². The predicted molar refractivity (Wildman–Crippen MR) is 122 cm³/mol. The number of carbonyl (C=O) groups excluding carboxylic acids is 1. The van der Waals surface area contributed by atoms with Gasteiger partial charge in [-0.15, -0.1) is 0 Å². The summed E-state index contributed by atoms with van der Waals surface area (Å²) < 4.78 is 5.99. The number of hydrogen-bond donors (Lipinski definition) is 4. The molecule has 0 bridgehead atoms. The first-order valence-corrected chi connectivity index (χ1v) is 9.75. The highest BCUT2D eigenvalue weighted by molar-refractivity contribution is 5.99. The number of ether oxygens (including phenoxy) is 1. The van der Waals surface area contributed by atoms with Crippen LogP contribution >= 0.6 is 0 Å². The summed E-state index contributed by atoms with van der Waals surface area (Å²) in [6, 6.07) is 17.1. The van der Waals surface area contributed by atoms with Crippen molar-refractivity contribution < 1.29 is 9.53 Å². The zero-order valence-corrected chi connectivity index (χ0v) is 16.8. The van der Waals surface area contributed by atoms with Crippen LogP contribution in [0.4, 0.5) is 11.4 Å². The van der Waals surface area contributed by atoms with Crippen molar-refractivity contribution in [3.8, 4) is 22.9 Å². The maximum absolute atomic E-state index is 11.5.